The van der Waals surface area contributed by atoms with Gasteiger partial charge in [-0.1, -0.05) is 6.07 Å². The number of aromatic nitrogens is 1. The number of pyridine rings is 1. The van der Waals surface area contributed by atoms with Crippen LogP contribution in [-0.4, -0.2) is 36.3 Å². The number of rotatable bonds is 2. The summed E-state index contributed by atoms with van der Waals surface area (Å²) < 4.78 is 11.9. The van der Waals surface area contributed by atoms with Gasteiger partial charge >= 0.3 is 7.12 Å². The molecule has 0 bridgehead atoms. The van der Waals surface area contributed by atoms with Crippen LogP contribution in [-0.2, 0) is 9.31 Å². The first-order valence-electron chi connectivity index (χ1n) is 6.31. The number of hydrogen-bond acceptors (Lipinski definition) is 4. The Bertz CT molecular complexity index is 486. The molecular formula is C13H19BN2O3. The summed E-state index contributed by atoms with van der Waals surface area (Å²) in [7, 11) is 0.997. The highest BCUT2D eigenvalue weighted by Crippen LogP contribution is 2.36. The smallest absolute Gasteiger partial charge is 0.399 e. The molecule has 1 aliphatic rings. The molecule has 1 aromatic rings. The van der Waals surface area contributed by atoms with E-state index in [9.17, 15) is 4.79 Å². The summed E-state index contributed by atoms with van der Waals surface area (Å²) >= 11 is 0. The molecule has 0 unspecified atom stereocenters. The van der Waals surface area contributed by atoms with Crippen LogP contribution < -0.4 is 10.8 Å². The van der Waals surface area contributed by atoms with E-state index in [1.54, 1.807) is 25.4 Å². The number of hydrogen-bond donors (Lipinski definition) is 1. The first-order valence-corrected chi connectivity index (χ1v) is 6.31. The monoisotopic (exact) mass is 262 g/mol. The van der Waals surface area contributed by atoms with E-state index >= 15 is 0 Å². The molecule has 2 rings (SSSR count). The van der Waals surface area contributed by atoms with Gasteiger partial charge in [0.2, 0.25) is 0 Å². The van der Waals surface area contributed by atoms with Gasteiger partial charge in [0.05, 0.1) is 11.2 Å². The van der Waals surface area contributed by atoms with Gasteiger partial charge in [-0.25, -0.2) is 0 Å². The van der Waals surface area contributed by atoms with Crippen LogP contribution in [0.3, 0.4) is 0 Å². The molecule has 2 heterocycles. The molecule has 0 radical (unpaired) electrons. The Labute approximate surface area is 113 Å². The summed E-state index contributed by atoms with van der Waals surface area (Å²) in [6.45, 7) is 7.90. The lowest BCUT2D eigenvalue weighted by molar-refractivity contribution is 0.00578. The van der Waals surface area contributed by atoms with E-state index in [2.05, 4.69) is 10.3 Å². The zero-order valence-corrected chi connectivity index (χ0v) is 12.0. The van der Waals surface area contributed by atoms with Crippen molar-refractivity contribution in [3.05, 3.63) is 24.0 Å². The molecule has 1 saturated heterocycles. The number of carbonyl (C=O) groups is 1. The Morgan fingerprint density at radius 2 is 1.84 bits per heavy atom. The van der Waals surface area contributed by atoms with E-state index in [4.69, 9.17) is 9.31 Å². The number of nitrogens with one attached hydrogen (secondary N) is 1. The third-order valence-corrected chi connectivity index (χ3v) is 3.79. The maximum Gasteiger partial charge on any atom is 0.497 e. The molecule has 0 atom stereocenters. The van der Waals surface area contributed by atoms with Crippen LogP contribution in [0.1, 0.15) is 38.2 Å². The van der Waals surface area contributed by atoms with Gasteiger partial charge in [-0.05, 0) is 33.8 Å². The third kappa shape index (κ3) is 2.38. The first kappa shape index (κ1) is 14.0. The van der Waals surface area contributed by atoms with Crippen LogP contribution in [0.2, 0.25) is 0 Å². The van der Waals surface area contributed by atoms with Crippen molar-refractivity contribution < 1.29 is 14.1 Å². The number of carbonyl (C=O) groups excluding carboxylic acids is 1. The number of nitrogens with zero attached hydrogens (tertiary/aromatic N) is 1. The van der Waals surface area contributed by atoms with Crippen LogP contribution in [0.15, 0.2) is 18.3 Å². The molecular weight excluding hydrogens is 243 g/mol. The Hall–Kier alpha value is -1.40. The molecule has 1 fully saturated rings. The lowest BCUT2D eigenvalue weighted by Gasteiger charge is -2.32. The zero-order valence-electron chi connectivity index (χ0n) is 12.0. The fourth-order valence-electron chi connectivity index (χ4n) is 1.89. The minimum atomic E-state index is -0.578. The minimum absolute atomic E-state index is 0.245. The molecule has 0 aromatic carbocycles. The predicted molar refractivity (Wildman–Crippen MR) is 73.3 cm³/mol. The van der Waals surface area contributed by atoms with Crippen molar-refractivity contribution in [1.29, 1.82) is 0 Å². The second-order valence-corrected chi connectivity index (χ2v) is 5.61. The second-order valence-electron chi connectivity index (χ2n) is 5.61. The normalized spacial score (nSPS) is 20.4. The molecule has 6 heteroatoms. The second kappa shape index (κ2) is 4.61. The fourth-order valence-corrected chi connectivity index (χ4v) is 1.89. The molecule has 5 nitrogen and oxygen atoms in total. The molecule has 1 amide bonds. The predicted octanol–water partition coefficient (Wildman–Crippen LogP) is 0.740. The molecule has 1 aromatic heterocycles. The molecule has 0 spiro atoms. The maximum atomic E-state index is 11.8. The van der Waals surface area contributed by atoms with Crippen molar-refractivity contribution in [3.8, 4) is 0 Å². The van der Waals surface area contributed by atoms with Gasteiger partial charge in [-0.15, -0.1) is 0 Å². The average Bonchev–Trinajstić information content (AvgIpc) is 2.57. The van der Waals surface area contributed by atoms with Gasteiger partial charge in [-0.3, -0.25) is 9.78 Å². The Kier molecular flexibility index (Phi) is 3.41. The van der Waals surface area contributed by atoms with Crippen molar-refractivity contribution in [2.75, 3.05) is 7.05 Å². The molecule has 102 valence electrons. The Morgan fingerprint density at radius 3 is 2.37 bits per heavy atom. The van der Waals surface area contributed by atoms with E-state index < -0.39 is 18.3 Å². The van der Waals surface area contributed by atoms with Crippen LogP contribution in [0.4, 0.5) is 0 Å². The molecule has 0 aliphatic carbocycles. The summed E-state index contributed by atoms with van der Waals surface area (Å²) in [6, 6.07) is 3.58. The van der Waals surface area contributed by atoms with E-state index in [0.717, 1.165) is 0 Å². The lowest BCUT2D eigenvalue weighted by Crippen LogP contribution is -2.41. The van der Waals surface area contributed by atoms with Gasteiger partial charge < -0.3 is 14.6 Å². The highest BCUT2D eigenvalue weighted by molar-refractivity contribution is 6.63. The third-order valence-electron chi connectivity index (χ3n) is 3.79. The van der Waals surface area contributed by atoms with E-state index in [0.29, 0.717) is 11.2 Å². The van der Waals surface area contributed by atoms with Gasteiger partial charge in [0.25, 0.3) is 5.91 Å². The minimum Gasteiger partial charge on any atom is -0.399 e. The number of amides is 1. The fraction of sp³-hybridized carbons (Fsp3) is 0.538. The van der Waals surface area contributed by atoms with Crippen molar-refractivity contribution in [1.82, 2.24) is 10.3 Å². The summed E-state index contributed by atoms with van der Waals surface area (Å²) in [5, 5.41) is 2.57. The van der Waals surface area contributed by atoms with Gasteiger partial charge in [0.15, 0.2) is 0 Å². The standard InChI is InChI=1S/C13H19BN2O3/c1-12(2)13(3,4)19-14(18-12)9-7-6-8-16-10(9)11(17)15-5/h6-8H,1-5H3,(H,15,17). The SMILES string of the molecule is CNC(=O)c1ncccc1B1OC(C)(C)C(C)(C)O1. The zero-order chi connectivity index (χ0) is 14.3. The lowest BCUT2D eigenvalue weighted by atomic mass is 9.77. The molecule has 1 N–H and O–H groups in total. The highest BCUT2D eigenvalue weighted by atomic mass is 16.7. The van der Waals surface area contributed by atoms with Crippen LogP contribution in [0, 0.1) is 0 Å². The van der Waals surface area contributed by atoms with Gasteiger partial charge in [0.1, 0.15) is 5.69 Å². The summed E-state index contributed by atoms with van der Waals surface area (Å²) in [5.41, 5.74) is 0.116. The maximum absolute atomic E-state index is 11.8. The van der Waals surface area contributed by atoms with Crippen molar-refractivity contribution >= 4 is 18.5 Å². The van der Waals surface area contributed by atoms with Gasteiger partial charge in [0, 0.05) is 18.7 Å². The largest absolute Gasteiger partial charge is 0.497 e. The molecule has 0 saturated carbocycles. The first-order chi connectivity index (χ1) is 8.78. The van der Waals surface area contributed by atoms with E-state index in [1.807, 2.05) is 27.7 Å². The van der Waals surface area contributed by atoms with Crippen LogP contribution >= 0.6 is 0 Å². The Balaban J connectivity index is 2.37. The molecule has 1 aliphatic heterocycles. The van der Waals surface area contributed by atoms with Crippen molar-refractivity contribution in [2.24, 2.45) is 0 Å². The van der Waals surface area contributed by atoms with Crippen LogP contribution in [0.25, 0.3) is 0 Å². The summed E-state index contributed by atoms with van der Waals surface area (Å²) in [6.07, 6.45) is 1.58. The Morgan fingerprint density at radius 1 is 1.26 bits per heavy atom. The quantitative estimate of drug-likeness (QED) is 0.798. The average molecular weight is 262 g/mol. The van der Waals surface area contributed by atoms with Gasteiger partial charge in [-0.2, -0.15) is 0 Å². The van der Waals surface area contributed by atoms with E-state index in [1.165, 1.54) is 0 Å². The highest BCUT2D eigenvalue weighted by Gasteiger charge is 2.52. The molecule has 19 heavy (non-hydrogen) atoms. The summed E-state index contributed by atoms with van der Waals surface area (Å²) in [5.74, 6) is -0.245. The van der Waals surface area contributed by atoms with Crippen LogP contribution in [0.5, 0.6) is 0 Å². The van der Waals surface area contributed by atoms with Crippen molar-refractivity contribution in [2.45, 2.75) is 38.9 Å². The topological polar surface area (TPSA) is 60.5 Å². The van der Waals surface area contributed by atoms with Crippen molar-refractivity contribution in [3.63, 3.8) is 0 Å². The van der Waals surface area contributed by atoms with E-state index in [-0.39, 0.29) is 5.91 Å². The summed E-state index contributed by atoms with van der Waals surface area (Å²) in [4.78, 5) is 15.9.